The third kappa shape index (κ3) is 6.99. The maximum absolute atomic E-state index is 14.0. The van der Waals surface area contributed by atoms with Crippen LogP contribution < -0.4 is 5.32 Å². The molecule has 5 aromatic rings. The summed E-state index contributed by atoms with van der Waals surface area (Å²) < 4.78 is 34.4. The van der Waals surface area contributed by atoms with E-state index in [1.165, 1.54) is 48.6 Å². The Balaban J connectivity index is 1.35. The fourth-order valence-electron chi connectivity index (χ4n) is 5.42. The van der Waals surface area contributed by atoms with Crippen molar-refractivity contribution in [2.45, 2.75) is 4.90 Å². The minimum atomic E-state index is -4.35. The minimum absolute atomic E-state index is 0.0423. The van der Waals surface area contributed by atoms with Crippen LogP contribution in [0.2, 0.25) is 0 Å². The third-order valence-electron chi connectivity index (χ3n) is 7.95. The Morgan fingerprint density at radius 2 is 1.38 bits per heavy atom. The van der Waals surface area contributed by atoms with Crippen LogP contribution in [0.1, 0.15) is 47.0 Å². The highest BCUT2D eigenvalue weighted by molar-refractivity contribution is 7.89. The summed E-state index contributed by atoms with van der Waals surface area (Å²) >= 11 is 0. The normalized spacial score (nSPS) is 12.7. The molecule has 0 fully saturated rings. The van der Waals surface area contributed by atoms with Crippen LogP contribution in [0.5, 0.6) is 23.0 Å². The number of carboxylic acid groups (broad SMARTS) is 1. The molecule has 14 nitrogen and oxygen atoms in total. The van der Waals surface area contributed by atoms with E-state index >= 15 is 0 Å². The molecule has 266 valence electrons. The highest BCUT2D eigenvalue weighted by atomic mass is 32.2. The molecule has 1 aliphatic rings. The number of aromatic carboxylic acids is 1. The van der Waals surface area contributed by atoms with Crippen LogP contribution in [0.15, 0.2) is 138 Å². The number of hydrogen-bond donors (Lipinski definition) is 6. The topological polar surface area (TPSA) is 228 Å². The lowest BCUT2D eigenvalue weighted by molar-refractivity contribution is 0.0624. The van der Waals surface area contributed by atoms with Crippen LogP contribution in [0.25, 0.3) is 10.8 Å². The van der Waals surface area contributed by atoms with Gasteiger partial charge in [0.25, 0.3) is 15.9 Å². The fraction of sp³-hybridized carbons (Fsp3) is 0. The number of allylic oxidation sites excluding steroid dienone is 2. The highest BCUT2D eigenvalue weighted by Gasteiger charge is 2.30. The molecular weight excluding hydrogens is 708 g/mol. The lowest BCUT2D eigenvalue weighted by atomic mass is 9.95. The molecule has 6 N–H and O–H groups in total. The standard InChI is InChI=1S/C38H26N2O12S/c41-24-15-13-22(14-16-24)36(46)39-27-20-40(53(50,51)32-12-3-7-21-6-1-2-8-25(21)32)17-5-11-31(27)52-38(49)23-18-29(43)34(30(44)19-23)35(45)33-26(37(47)48)9-4-10-28(33)42/h1-20,41-44H,(H,39,46)(H,47,48). The number of carbonyl (C=O) groups is 4. The average Bonchev–Trinajstić information content (AvgIpc) is 3.33. The molecule has 1 aliphatic heterocycles. The molecule has 0 unspecified atom stereocenters. The van der Waals surface area contributed by atoms with Gasteiger partial charge in [0.15, 0.2) is 5.76 Å². The van der Waals surface area contributed by atoms with Crippen molar-refractivity contribution in [1.82, 2.24) is 9.62 Å². The Morgan fingerprint density at radius 1 is 0.717 bits per heavy atom. The van der Waals surface area contributed by atoms with Gasteiger partial charge in [-0.2, -0.15) is 0 Å². The molecule has 0 saturated heterocycles. The second-order valence-electron chi connectivity index (χ2n) is 11.3. The van der Waals surface area contributed by atoms with Gasteiger partial charge < -0.3 is 35.6 Å². The first-order valence-corrected chi connectivity index (χ1v) is 16.8. The Labute approximate surface area is 300 Å². The predicted octanol–water partition coefficient (Wildman–Crippen LogP) is 5.12. The SMILES string of the molecule is O=C(NC1=CN(S(=O)(=O)c2cccc3ccccc23)C=CC=C1OC(=O)c1cc(O)c(C(=O)c2c(O)cccc2C(=O)O)c(O)c1)c1ccc(O)cc1. The largest absolute Gasteiger partial charge is 0.508 e. The van der Waals surface area contributed by atoms with Gasteiger partial charge in [0, 0.05) is 23.3 Å². The summed E-state index contributed by atoms with van der Waals surface area (Å²) in [5.74, 6) is -8.07. The number of amides is 1. The van der Waals surface area contributed by atoms with Crippen molar-refractivity contribution >= 4 is 44.4 Å². The maximum atomic E-state index is 14.0. The van der Waals surface area contributed by atoms with E-state index in [1.807, 2.05) is 0 Å². The van der Waals surface area contributed by atoms with E-state index < -0.39 is 78.9 Å². The molecule has 1 heterocycles. The summed E-state index contributed by atoms with van der Waals surface area (Å²) in [7, 11) is -4.35. The van der Waals surface area contributed by atoms with E-state index in [0.29, 0.717) is 10.8 Å². The van der Waals surface area contributed by atoms with E-state index in [1.54, 1.807) is 36.4 Å². The molecule has 53 heavy (non-hydrogen) atoms. The quantitative estimate of drug-likeness (QED) is 0.0857. The van der Waals surface area contributed by atoms with Gasteiger partial charge in [0.05, 0.1) is 21.6 Å². The predicted molar refractivity (Wildman–Crippen MR) is 188 cm³/mol. The number of phenolic OH excluding ortho intramolecular Hbond substituents is 4. The van der Waals surface area contributed by atoms with Crippen molar-refractivity contribution in [2.75, 3.05) is 0 Å². The van der Waals surface area contributed by atoms with Crippen molar-refractivity contribution in [1.29, 1.82) is 0 Å². The summed E-state index contributed by atoms with van der Waals surface area (Å²) in [5.41, 5.74) is -2.97. The summed E-state index contributed by atoms with van der Waals surface area (Å²) in [4.78, 5) is 51.6. The number of hydrogen-bond acceptors (Lipinski definition) is 11. The van der Waals surface area contributed by atoms with Crippen LogP contribution in [0, 0.1) is 0 Å². The zero-order valence-corrected chi connectivity index (χ0v) is 27.8. The number of phenols is 4. The number of fused-ring (bicyclic) bond motifs is 1. The van der Waals surface area contributed by atoms with Gasteiger partial charge >= 0.3 is 11.9 Å². The molecule has 0 aliphatic carbocycles. The van der Waals surface area contributed by atoms with Crippen molar-refractivity contribution in [2.24, 2.45) is 0 Å². The molecule has 5 aromatic carbocycles. The monoisotopic (exact) mass is 734 g/mol. The van der Waals surface area contributed by atoms with Gasteiger partial charge in [0.1, 0.15) is 34.3 Å². The van der Waals surface area contributed by atoms with E-state index in [4.69, 9.17) is 4.74 Å². The Hall–Kier alpha value is -7.39. The number of nitrogens with one attached hydrogen (secondary N) is 1. The van der Waals surface area contributed by atoms with E-state index in [2.05, 4.69) is 5.32 Å². The number of carboxylic acids is 1. The third-order valence-corrected chi connectivity index (χ3v) is 9.64. The lowest BCUT2D eigenvalue weighted by Crippen LogP contribution is -2.28. The zero-order chi connectivity index (χ0) is 38.0. The zero-order valence-electron chi connectivity index (χ0n) is 27.0. The molecule has 0 aromatic heterocycles. The van der Waals surface area contributed by atoms with Crippen molar-refractivity contribution in [3.8, 4) is 23.0 Å². The van der Waals surface area contributed by atoms with E-state index in [-0.39, 0.29) is 21.9 Å². The van der Waals surface area contributed by atoms with Gasteiger partial charge in [-0.1, -0.05) is 42.5 Å². The lowest BCUT2D eigenvalue weighted by Gasteiger charge is -2.20. The molecule has 0 spiro atoms. The summed E-state index contributed by atoms with van der Waals surface area (Å²) in [6, 6.07) is 21.3. The fourth-order valence-corrected chi connectivity index (χ4v) is 6.83. The van der Waals surface area contributed by atoms with Crippen LogP contribution in [0.4, 0.5) is 0 Å². The van der Waals surface area contributed by atoms with E-state index in [0.717, 1.165) is 41.0 Å². The first kappa shape index (κ1) is 35.4. The first-order valence-electron chi connectivity index (χ1n) is 15.4. The Bertz CT molecular complexity index is 2530. The van der Waals surface area contributed by atoms with Crippen LogP contribution in [-0.2, 0) is 14.8 Å². The van der Waals surface area contributed by atoms with Crippen molar-refractivity contribution < 1.29 is 57.9 Å². The van der Waals surface area contributed by atoms with Crippen molar-refractivity contribution in [3.05, 3.63) is 161 Å². The minimum Gasteiger partial charge on any atom is -0.508 e. The molecule has 0 bridgehead atoms. The Kier molecular flexibility index (Phi) is 9.42. The van der Waals surface area contributed by atoms with Gasteiger partial charge in [0.2, 0.25) is 5.78 Å². The summed E-state index contributed by atoms with van der Waals surface area (Å²) in [6.07, 6.45) is 4.54. The average molecular weight is 735 g/mol. The molecule has 0 saturated carbocycles. The number of sulfonamides is 1. The highest BCUT2D eigenvalue weighted by Crippen LogP contribution is 2.35. The number of benzene rings is 5. The second kappa shape index (κ2) is 14.1. The summed E-state index contributed by atoms with van der Waals surface area (Å²) in [6.45, 7) is 0. The smallest absolute Gasteiger partial charge is 0.343 e. The number of aromatic hydroxyl groups is 4. The number of ketones is 1. The number of rotatable bonds is 9. The molecule has 0 radical (unpaired) electrons. The Morgan fingerprint density at radius 3 is 2.08 bits per heavy atom. The van der Waals surface area contributed by atoms with Crippen LogP contribution in [-0.4, -0.2) is 61.9 Å². The number of nitrogens with zero attached hydrogens (tertiary/aromatic N) is 1. The van der Waals surface area contributed by atoms with Gasteiger partial charge in [-0.3, -0.25) is 9.59 Å². The van der Waals surface area contributed by atoms with Gasteiger partial charge in [-0.15, -0.1) is 0 Å². The molecule has 1 amide bonds. The second-order valence-corrected chi connectivity index (χ2v) is 13.2. The van der Waals surface area contributed by atoms with E-state index in [9.17, 15) is 53.1 Å². The molecular formula is C38H26N2O12S. The summed E-state index contributed by atoms with van der Waals surface area (Å²) in [5, 5.41) is 54.5. The molecule has 15 heteroatoms. The molecule has 6 rings (SSSR count). The number of carbonyl (C=O) groups excluding carboxylic acids is 3. The van der Waals surface area contributed by atoms with Crippen LogP contribution >= 0.6 is 0 Å². The number of esters is 1. The van der Waals surface area contributed by atoms with Gasteiger partial charge in [-0.05, 0) is 72.1 Å². The van der Waals surface area contributed by atoms with Crippen molar-refractivity contribution in [3.63, 3.8) is 0 Å². The first-order chi connectivity index (χ1) is 25.3. The van der Waals surface area contributed by atoms with Gasteiger partial charge in [-0.25, -0.2) is 22.3 Å². The number of ether oxygens (including phenoxy) is 1. The molecule has 0 atom stereocenters. The maximum Gasteiger partial charge on any atom is 0.343 e. The van der Waals surface area contributed by atoms with Crippen LogP contribution in [0.3, 0.4) is 0 Å².